The Hall–Kier alpha value is -1.39. The summed E-state index contributed by atoms with van der Waals surface area (Å²) in [6.45, 7) is 3.65. The Morgan fingerprint density at radius 1 is 1.33 bits per heavy atom. The maximum Gasteiger partial charge on any atom is 0.120 e. The average Bonchev–Trinajstić information content (AvgIpc) is 2.76. The third-order valence-corrected chi connectivity index (χ3v) is 3.51. The van der Waals surface area contributed by atoms with Crippen molar-refractivity contribution in [3.63, 3.8) is 0 Å². The van der Waals surface area contributed by atoms with E-state index in [1.165, 1.54) is 10.4 Å². The van der Waals surface area contributed by atoms with Crippen molar-refractivity contribution in [2.75, 3.05) is 27.2 Å². The first kappa shape index (κ1) is 13.1. The van der Waals surface area contributed by atoms with Crippen molar-refractivity contribution in [3.8, 4) is 16.2 Å². The molecule has 1 heterocycles. The summed E-state index contributed by atoms with van der Waals surface area (Å²) in [4.78, 5) is 7.57. The first-order valence-corrected chi connectivity index (χ1v) is 6.77. The van der Waals surface area contributed by atoms with E-state index in [1.54, 1.807) is 11.3 Å². The fourth-order valence-electron chi connectivity index (χ4n) is 1.58. The van der Waals surface area contributed by atoms with E-state index in [2.05, 4.69) is 22.0 Å². The topological polar surface area (TPSA) is 25.4 Å². The number of likely N-dealkylation sites (N-methyl/N-ethyl adjacent to an activating group) is 1. The molecule has 0 unspecified atom stereocenters. The number of ether oxygens (including phenoxy) is 1. The third-order valence-electron chi connectivity index (χ3n) is 2.55. The van der Waals surface area contributed by atoms with Crippen LogP contribution in [-0.2, 0) is 0 Å². The molecule has 2 aromatic rings. The zero-order chi connectivity index (χ0) is 13.0. The van der Waals surface area contributed by atoms with E-state index >= 15 is 0 Å². The third kappa shape index (κ3) is 3.55. The molecule has 96 valence electrons. The van der Waals surface area contributed by atoms with Gasteiger partial charge in [0.05, 0.1) is 9.88 Å². The fraction of sp³-hybridized carbons (Fsp3) is 0.357. The Balaban J connectivity index is 2.05. The van der Waals surface area contributed by atoms with Gasteiger partial charge in [-0.2, -0.15) is 0 Å². The van der Waals surface area contributed by atoms with Crippen molar-refractivity contribution < 1.29 is 4.74 Å². The summed E-state index contributed by atoms with van der Waals surface area (Å²) in [6.07, 6.45) is 1.92. The highest BCUT2D eigenvalue weighted by atomic mass is 32.1. The molecule has 0 saturated heterocycles. The minimum atomic E-state index is 0.707. The molecule has 0 radical (unpaired) electrons. The SMILES string of the molecule is Cc1ncc(-c2cccc(OCCN(C)C)c2)s1. The second-order valence-corrected chi connectivity index (χ2v) is 5.66. The summed E-state index contributed by atoms with van der Waals surface area (Å²) in [6, 6.07) is 8.18. The van der Waals surface area contributed by atoms with Gasteiger partial charge in [-0.25, -0.2) is 4.98 Å². The Labute approximate surface area is 112 Å². The number of aromatic nitrogens is 1. The quantitative estimate of drug-likeness (QED) is 0.828. The lowest BCUT2D eigenvalue weighted by atomic mass is 10.2. The molecular formula is C14H18N2OS. The van der Waals surface area contributed by atoms with Crippen molar-refractivity contribution in [2.45, 2.75) is 6.92 Å². The van der Waals surface area contributed by atoms with E-state index < -0.39 is 0 Å². The van der Waals surface area contributed by atoms with Gasteiger partial charge in [-0.05, 0) is 38.7 Å². The van der Waals surface area contributed by atoms with Gasteiger partial charge in [0.2, 0.25) is 0 Å². The first-order chi connectivity index (χ1) is 8.65. The number of aryl methyl sites for hydroxylation is 1. The number of hydrogen-bond acceptors (Lipinski definition) is 4. The molecule has 0 bridgehead atoms. The van der Waals surface area contributed by atoms with Crippen LogP contribution in [0.4, 0.5) is 0 Å². The maximum absolute atomic E-state index is 5.73. The highest BCUT2D eigenvalue weighted by Gasteiger charge is 2.03. The van der Waals surface area contributed by atoms with Crippen LogP contribution in [0.15, 0.2) is 30.5 Å². The number of thiazole rings is 1. The fourth-order valence-corrected chi connectivity index (χ4v) is 2.35. The molecule has 0 atom stereocenters. The summed E-state index contributed by atoms with van der Waals surface area (Å²) >= 11 is 1.70. The first-order valence-electron chi connectivity index (χ1n) is 5.95. The Morgan fingerprint density at radius 3 is 2.83 bits per heavy atom. The smallest absolute Gasteiger partial charge is 0.120 e. The molecule has 0 saturated carbocycles. The molecule has 18 heavy (non-hydrogen) atoms. The van der Waals surface area contributed by atoms with Crippen LogP contribution in [0, 0.1) is 6.92 Å². The molecular weight excluding hydrogens is 244 g/mol. The van der Waals surface area contributed by atoms with E-state index in [0.29, 0.717) is 6.61 Å². The summed E-state index contributed by atoms with van der Waals surface area (Å²) in [5.41, 5.74) is 1.17. The average molecular weight is 262 g/mol. The monoisotopic (exact) mass is 262 g/mol. The molecule has 0 fully saturated rings. The molecule has 2 rings (SSSR count). The van der Waals surface area contributed by atoms with Crippen molar-refractivity contribution in [1.82, 2.24) is 9.88 Å². The predicted molar refractivity (Wildman–Crippen MR) is 76.3 cm³/mol. The van der Waals surface area contributed by atoms with Gasteiger partial charge in [0, 0.05) is 12.7 Å². The number of rotatable bonds is 5. The lowest BCUT2D eigenvalue weighted by Gasteiger charge is -2.11. The maximum atomic E-state index is 5.73. The molecule has 3 nitrogen and oxygen atoms in total. The highest BCUT2D eigenvalue weighted by molar-refractivity contribution is 7.15. The largest absolute Gasteiger partial charge is 0.492 e. The molecule has 0 N–H and O–H groups in total. The van der Waals surface area contributed by atoms with E-state index in [4.69, 9.17) is 4.74 Å². The second-order valence-electron chi connectivity index (χ2n) is 4.42. The van der Waals surface area contributed by atoms with Crippen LogP contribution < -0.4 is 4.74 Å². The Kier molecular flexibility index (Phi) is 4.33. The van der Waals surface area contributed by atoms with Gasteiger partial charge in [-0.15, -0.1) is 11.3 Å². The van der Waals surface area contributed by atoms with E-state index in [1.807, 2.05) is 39.3 Å². The van der Waals surface area contributed by atoms with Gasteiger partial charge in [0.25, 0.3) is 0 Å². The van der Waals surface area contributed by atoms with Gasteiger partial charge in [-0.1, -0.05) is 12.1 Å². The molecule has 0 amide bonds. The molecule has 0 aliphatic heterocycles. The summed E-state index contributed by atoms with van der Waals surface area (Å²) in [7, 11) is 4.08. The predicted octanol–water partition coefficient (Wildman–Crippen LogP) is 3.06. The molecule has 0 aliphatic carbocycles. The Morgan fingerprint density at radius 2 is 2.17 bits per heavy atom. The lowest BCUT2D eigenvalue weighted by Crippen LogP contribution is -2.19. The van der Waals surface area contributed by atoms with Crippen molar-refractivity contribution in [2.24, 2.45) is 0 Å². The minimum absolute atomic E-state index is 0.707. The molecule has 0 aliphatic rings. The normalized spacial score (nSPS) is 10.9. The molecule has 4 heteroatoms. The Bertz CT molecular complexity index is 508. The highest BCUT2D eigenvalue weighted by Crippen LogP contribution is 2.28. The summed E-state index contributed by atoms with van der Waals surface area (Å²) in [5, 5.41) is 1.09. The van der Waals surface area contributed by atoms with Crippen LogP contribution in [0.2, 0.25) is 0 Å². The zero-order valence-electron chi connectivity index (χ0n) is 11.0. The molecule has 1 aromatic heterocycles. The lowest BCUT2D eigenvalue weighted by molar-refractivity contribution is 0.261. The van der Waals surface area contributed by atoms with Crippen molar-refractivity contribution >= 4 is 11.3 Å². The van der Waals surface area contributed by atoms with Gasteiger partial charge in [0.1, 0.15) is 12.4 Å². The van der Waals surface area contributed by atoms with Gasteiger partial charge in [-0.3, -0.25) is 0 Å². The standard InChI is InChI=1S/C14H18N2OS/c1-11-15-10-14(18-11)12-5-4-6-13(9-12)17-8-7-16(2)3/h4-6,9-10H,7-8H2,1-3H3. The number of benzene rings is 1. The zero-order valence-corrected chi connectivity index (χ0v) is 11.8. The van der Waals surface area contributed by atoms with Crippen LogP contribution in [0.3, 0.4) is 0 Å². The van der Waals surface area contributed by atoms with E-state index in [-0.39, 0.29) is 0 Å². The molecule has 1 aromatic carbocycles. The van der Waals surface area contributed by atoms with Crippen LogP contribution in [0.1, 0.15) is 5.01 Å². The van der Waals surface area contributed by atoms with Gasteiger partial charge in [0.15, 0.2) is 0 Å². The van der Waals surface area contributed by atoms with Crippen LogP contribution in [0.5, 0.6) is 5.75 Å². The second kappa shape index (κ2) is 5.98. The van der Waals surface area contributed by atoms with Gasteiger partial charge < -0.3 is 9.64 Å². The summed E-state index contributed by atoms with van der Waals surface area (Å²) < 4.78 is 5.73. The number of hydrogen-bond donors (Lipinski definition) is 0. The van der Waals surface area contributed by atoms with Crippen molar-refractivity contribution in [3.05, 3.63) is 35.5 Å². The minimum Gasteiger partial charge on any atom is -0.492 e. The van der Waals surface area contributed by atoms with Crippen molar-refractivity contribution in [1.29, 1.82) is 0 Å². The van der Waals surface area contributed by atoms with Gasteiger partial charge >= 0.3 is 0 Å². The summed E-state index contributed by atoms with van der Waals surface area (Å²) in [5.74, 6) is 0.917. The molecule has 0 spiro atoms. The van der Waals surface area contributed by atoms with Crippen LogP contribution >= 0.6 is 11.3 Å². The van der Waals surface area contributed by atoms with E-state index in [0.717, 1.165) is 17.3 Å². The number of nitrogens with zero attached hydrogens (tertiary/aromatic N) is 2. The van der Waals surface area contributed by atoms with E-state index in [9.17, 15) is 0 Å². The van der Waals surface area contributed by atoms with Crippen LogP contribution in [0.25, 0.3) is 10.4 Å². The van der Waals surface area contributed by atoms with Crippen LogP contribution in [-0.4, -0.2) is 37.1 Å².